The fourth-order valence-corrected chi connectivity index (χ4v) is 8.19. The number of hydrogen-bond acceptors (Lipinski definition) is 16. The smallest absolute Gasteiger partial charge is 0.475 e. The molecule has 1 aliphatic heterocycles. The number of nitrogens with zero attached hydrogens (tertiary/aromatic N) is 2. The zero-order valence-corrected chi connectivity index (χ0v) is 37.9. The van der Waals surface area contributed by atoms with E-state index in [-0.39, 0.29) is 25.2 Å². The van der Waals surface area contributed by atoms with E-state index < -0.39 is 85.7 Å². The molecule has 1 N–H and O–H groups in total. The summed E-state index contributed by atoms with van der Waals surface area (Å²) in [7, 11) is 0.666. The average Bonchev–Trinajstić information content (AvgIpc) is 3.69. The van der Waals surface area contributed by atoms with Crippen LogP contribution in [-0.2, 0) is 57.0 Å². The molecule has 344 valence electrons. The van der Waals surface area contributed by atoms with Crippen LogP contribution < -0.4 is 20.7 Å². The largest absolute Gasteiger partial charge is 0.497 e. The lowest BCUT2D eigenvalue weighted by Crippen LogP contribution is -2.44. The van der Waals surface area contributed by atoms with Gasteiger partial charge in [-0.05, 0) is 68.7 Å². The second kappa shape index (κ2) is 21.4. The first-order chi connectivity index (χ1) is 30.5. The number of H-pyrrole nitrogens is 1. The summed E-state index contributed by atoms with van der Waals surface area (Å²) in [6.07, 6.45) is -2.42. The third-order valence-corrected chi connectivity index (χ3v) is 11.9. The Hall–Kier alpha value is -5.64. The summed E-state index contributed by atoms with van der Waals surface area (Å²) in [5.74, 6) is -0.547. The van der Waals surface area contributed by atoms with E-state index in [1.54, 1.807) is 69.3 Å². The molecule has 0 aliphatic carbocycles. The van der Waals surface area contributed by atoms with E-state index >= 15 is 0 Å². The quantitative estimate of drug-likeness (QED) is 0.0465. The van der Waals surface area contributed by atoms with Gasteiger partial charge < -0.3 is 33.2 Å². The summed E-state index contributed by atoms with van der Waals surface area (Å²) in [4.78, 5) is 54.1. The van der Waals surface area contributed by atoms with Crippen LogP contribution in [0.4, 0.5) is 0 Å². The molecule has 0 radical (unpaired) electrons. The van der Waals surface area contributed by atoms with Gasteiger partial charge in [0.1, 0.15) is 42.1 Å². The van der Waals surface area contributed by atoms with Crippen LogP contribution in [0.3, 0.4) is 0 Å². The van der Waals surface area contributed by atoms with Crippen LogP contribution in [0.5, 0.6) is 11.5 Å². The van der Waals surface area contributed by atoms with Crippen molar-refractivity contribution in [3.63, 3.8) is 0 Å². The third-order valence-electron chi connectivity index (χ3n) is 10.4. The highest BCUT2D eigenvalue weighted by atomic mass is 31.2. The molecule has 0 saturated carbocycles. The van der Waals surface area contributed by atoms with Gasteiger partial charge in [0, 0.05) is 25.3 Å². The molecule has 1 aromatic heterocycles. The van der Waals surface area contributed by atoms with Crippen molar-refractivity contribution in [2.24, 2.45) is 10.8 Å². The number of rotatable bonds is 21. The van der Waals surface area contributed by atoms with Crippen LogP contribution in [0.15, 0.2) is 94.6 Å². The minimum absolute atomic E-state index is 0.0774. The number of aromatic nitrogens is 2. The van der Waals surface area contributed by atoms with E-state index in [4.69, 9.17) is 46.7 Å². The highest BCUT2D eigenvalue weighted by molar-refractivity contribution is 7.48. The van der Waals surface area contributed by atoms with Gasteiger partial charge in [-0.15, -0.1) is 0 Å². The summed E-state index contributed by atoms with van der Waals surface area (Å²) in [5, 5.41) is 10.9. The first-order valence-corrected chi connectivity index (χ1v) is 21.6. The van der Waals surface area contributed by atoms with E-state index in [2.05, 4.69) is 4.98 Å². The van der Waals surface area contributed by atoms with Gasteiger partial charge in [-0.3, -0.25) is 37.5 Å². The Bertz CT molecular complexity index is 2360. The van der Waals surface area contributed by atoms with Crippen LogP contribution in [0, 0.1) is 29.1 Å². The van der Waals surface area contributed by atoms with Gasteiger partial charge >= 0.3 is 25.5 Å². The number of nitriles is 1. The highest BCUT2D eigenvalue weighted by Gasteiger charge is 2.50. The number of methoxy groups -OCH3 is 4. The highest BCUT2D eigenvalue weighted by Crippen LogP contribution is 2.54. The number of hydrogen-bond donors (Lipinski definition) is 1. The topological polar surface area (TPSA) is 222 Å². The number of ether oxygens (including phenoxy) is 7. The number of nitrogens with one attached hydrogen (secondary N) is 1. The summed E-state index contributed by atoms with van der Waals surface area (Å²) in [6.45, 7) is 3.98. The van der Waals surface area contributed by atoms with E-state index in [0.717, 1.165) is 11.7 Å². The molecular formula is C45H54N3O15P. The fraction of sp³-hybridized carbons (Fsp3) is 0.444. The lowest BCUT2D eigenvalue weighted by Gasteiger charge is -2.38. The maximum atomic E-state index is 14.8. The summed E-state index contributed by atoms with van der Waals surface area (Å²) < 4.78 is 73.4. The Balaban J connectivity index is 1.54. The van der Waals surface area contributed by atoms with E-state index in [1.807, 2.05) is 36.4 Å². The molecule has 19 heteroatoms. The van der Waals surface area contributed by atoms with Gasteiger partial charge in [-0.1, -0.05) is 54.6 Å². The lowest BCUT2D eigenvalue weighted by atomic mass is 9.79. The zero-order chi connectivity index (χ0) is 46.7. The van der Waals surface area contributed by atoms with Gasteiger partial charge in [0.25, 0.3) is 5.56 Å². The fourth-order valence-electron chi connectivity index (χ4n) is 6.76. The number of phosphoric acid groups is 1. The van der Waals surface area contributed by atoms with Crippen LogP contribution in [0.1, 0.15) is 55.7 Å². The van der Waals surface area contributed by atoms with Gasteiger partial charge in [0.15, 0.2) is 0 Å². The number of aromatic amines is 1. The minimum Gasteiger partial charge on any atom is -0.497 e. The molecule has 0 bridgehead atoms. The third kappa shape index (κ3) is 11.4. The maximum Gasteiger partial charge on any atom is 0.475 e. The van der Waals surface area contributed by atoms with Crippen LogP contribution in [0.25, 0.3) is 0 Å². The predicted octanol–water partition coefficient (Wildman–Crippen LogP) is 5.60. The van der Waals surface area contributed by atoms with Gasteiger partial charge in [-0.25, -0.2) is 9.36 Å². The summed E-state index contributed by atoms with van der Waals surface area (Å²) in [5.41, 5.74) is -4.13. The first kappa shape index (κ1) is 49.4. The van der Waals surface area contributed by atoms with Crippen molar-refractivity contribution in [1.82, 2.24) is 9.55 Å². The second-order valence-corrected chi connectivity index (χ2v) is 17.5. The number of benzene rings is 3. The molecule has 0 amide bonds. The molecule has 5 rings (SSSR count). The number of aryl methyl sites for hydroxylation is 1. The van der Waals surface area contributed by atoms with Gasteiger partial charge in [0.05, 0.1) is 59.2 Å². The average molecular weight is 908 g/mol. The molecule has 0 spiro atoms. The molecule has 18 nitrogen and oxygen atoms in total. The molecule has 5 atom stereocenters. The Morgan fingerprint density at radius 1 is 0.844 bits per heavy atom. The Labute approximate surface area is 370 Å². The van der Waals surface area contributed by atoms with Crippen molar-refractivity contribution < 1.29 is 60.9 Å². The molecule has 2 unspecified atom stereocenters. The molecule has 2 heterocycles. The summed E-state index contributed by atoms with van der Waals surface area (Å²) >= 11 is 0. The zero-order valence-electron chi connectivity index (χ0n) is 37.0. The minimum atomic E-state index is -4.87. The molecule has 1 fully saturated rings. The normalized spacial score (nSPS) is 18.3. The van der Waals surface area contributed by atoms with Crippen molar-refractivity contribution in [2.75, 3.05) is 61.5 Å². The molecule has 1 saturated heterocycles. The molecule has 4 aromatic rings. The first-order valence-electron chi connectivity index (χ1n) is 20.2. The number of esters is 2. The van der Waals surface area contributed by atoms with E-state index in [0.29, 0.717) is 28.2 Å². The Morgan fingerprint density at radius 3 is 1.97 bits per heavy atom. The number of carbonyl (C=O) groups is 2. The maximum absolute atomic E-state index is 14.8. The predicted molar refractivity (Wildman–Crippen MR) is 230 cm³/mol. The van der Waals surface area contributed by atoms with Crippen molar-refractivity contribution in [2.45, 2.75) is 58.2 Å². The summed E-state index contributed by atoms with van der Waals surface area (Å²) in [6, 6.07) is 25.3. The van der Waals surface area contributed by atoms with Crippen molar-refractivity contribution in [3.8, 4) is 17.6 Å². The van der Waals surface area contributed by atoms with E-state index in [1.165, 1.54) is 34.4 Å². The van der Waals surface area contributed by atoms with Crippen molar-refractivity contribution in [1.29, 1.82) is 5.26 Å². The molecule has 3 aromatic carbocycles. The second-order valence-electron chi connectivity index (χ2n) is 15.9. The van der Waals surface area contributed by atoms with Crippen LogP contribution in [0.2, 0.25) is 0 Å². The van der Waals surface area contributed by atoms with Gasteiger partial charge in [0.2, 0.25) is 5.41 Å². The SMILES string of the molecule is COCCOP(=O)(OCC(C#N)(COC(c1ccccc1)(c1ccc(OC)cc1)c1ccc(OC)cc1)C(=O)OC)O[C@H]1C[C@H](n2cc(C)c(=O)[nH]c2=O)O[C@@H]1COC(=O)C(C)(C)C. The molecule has 1 aliphatic rings. The molecule has 64 heavy (non-hydrogen) atoms. The van der Waals surface area contributed by atoms with E-state index in [9.17, 15) is 29.0 Å². The number of phosphoric ester groups is 1. The van der Waals surface area contributed by atoms with Gasteiger partial charge in [-0.2, -0.15) is 5.26 Å². The monoisotopic (exact) mass is 907 g/mol. The standard InChI is InChI=1S/C45H54N3O15P/c1-30-25-48(42(52)47-39(30)49)38-24-36(37(62-38)26-58-40(50)43(2,3)4)63-64(53,60-23-22-54-5)61-29-44(27-46,41(51)57-8)28-59-45(31-12-10-9-11-13-31,32-14-18-34(55-6)19-15-32)33-16-20-35(56-7)21-17-33/h9-21,25,36-38H,22-24,26,28-29H2,1-8H3,(H,47,49,52)/t36-,37+,38+,44?,64?/m0/s1. The lowest BCUT2D eigenvalue weighted by molar-refractivity contribution is -0.159. The molecular weight excluding hydrogens is 853 g/mol. The Morgan fingerprint density at radius 2 is 1.44 bits per heavy atom. The Kier molecular flexibility index (Phi) is 16.5. The van der Waals surface area contributed by atoms with Crippen molar-refractivity contribution >= 4 is 19.8 Å². The van der Waals surface area contributed by atoms with Crippen LogP contribution >= 0.6 is 7.82 Å². The van der Waals surface area contributed by atoms with Crippen LogP contribution in [-0.4, -0.2) is 95.2 Å². The number of carbonyl (C=O) groups excluding carboxylic acids is 2. The van der Waals surface area contributed by atoms with Crippen molar-refractivity contribution in [3.05, 3.63) is 128 Å².